The number of quaternary nitrogens is 1. The lowest BCUT2D eigenvalue weighted by molar-refractivity contribution is -1.05. The lowest BCUT2D eigenvalue weighted by Crippen LogP contribution is -2.57. The zero-order valence-electron chi connectivity index (χ0n) is 20.9. The van der Waals surface area contributed by atoms with Crippen LogP contribution >= 0.6 is 0 Å². The van der Waals surface area contributed by atoms with Gasteiger partial charge in [0.1, 0.15) is 25.4 Å². The Morgan fingerprint density at radius 1 is 1.09 bits per heavy atom. The van der Waals surface area contributed by atoms with Crippen LogP contribution < -0.4 is 10.1 Å². The van der Waals surface area contributed by atoms with Crippen molar-refractivity contribution in [2.75, 3.05) is 27.0 Å². The van der Waals surface area contributed by atoms with Gasteiger partial charge in [0.2, 0.25) is 0 Å². The second kappa shape index (κ2) is 12.7. The summed E-state index contributed by atoms with van der Waals surface area (Å²) in [5, 5.41) is 13.2. The minimum Gasteiger partial charge on any atom is -0.467 e. The van der Waals surface area contributed by atoms with E-state index in [0.29, 0.717) is 37.8 Å². The topological polar surface area (TPSA) is 94.1 Å². The average Bonchev–Trinajstić information content (AvgIpc) is 3.09. The molecule has 2 N–H and O–H groups in total. The fraction of sp³-hybridized carbons (Fsp3) is 0.481. The molecule has 1 saturated heterocycles. The first-order chi connectivity index (χ1) is 16.9. The summed E-state index contributed by atoms with van der Waals surface area (Å²) < 4.78 is 10.3. The number of nitrogens with one attached hydrogen (secondary N) is 1. The molecule has 0 aromatic heterocycles. The van der Waals surface area contributed by atoms with Gasteiger partial charge < -0.3 is 19.9 Å². The number of carbonyl (C=O) groups is 2. The van der Waals surface area contributed by atoms with Gasteiger partial charge in [-0.15, -0.1) is 0 Å². The van der Waals surface area contributed by atoms with Gasteiger partial charge in [-0.05, 0) is 54.5 Å². The van der Waals surface area contributed by atoms with E-state index in [4.69, 9.17) is 14.3 Å². The third kappa shape index (κ3) is 6.81. The van der Waals surface area contributed by atoms with Crippen molar-refractivity contribution < 1.29 is 33.7 Å². The molecule has 1 heterocycles. The molecule has 2 aromatic carbocycles. The highest BCUT2D eigenvalue weighted by Gasteiger charge is 2.44. The van der Waals surface area contributed by atoms with Crippen molar-refractivity contribution in [3.63, 3.8) is 0 Å². The van der Waals surface area contributed by atoms with Gasteiger partial charge in [-0.25, -0.2) is 0 Å². The first-order valence-corrected chi connectivity index (χ1v) is 12.3. The highest BCUT2D eigenvalue weighted by atomic mass is 16.7. The lowest BCUT2D eigenvalue weighted by atomic mass is 9.99. The van der Waals surface area contributed by atoms with E-state index in [-0.39, 0.29) is 31.9 Å². The molecule has 190 valence electrons. The number of benzene rings is 2. The maximum Gasteiger partial charge on any atom is 0.547 e. The van der Waals surface area contributed by atoms with Crippen LogP contribution in [0.2, 0.25) is 0 Å². The summed E-state index contributed by atoms with van der Waals surface area (Å²) in [7, 11) is 1.57. The molecule has 2 unspecified atom stereocenters. The summed E-state index contributed by atoms with van der Waals surface area (Å²) in [6, 6.07) is 12.9. The van der Waals surface area contributed by atoms with Crippen molar-refractivity contribution in [1.82, 2.24) is 5.32 Å². The zero-order chi connectivity index (χ0) is 25.3. The number of carbonyl (C=O) groups excluding carboxylic acids is 1. The standard InChI is InChI=1S/C27H36N2O6/c1-4-21-15-23(16-22(5-2)25(21)34-19-33-3)26(30)28-24-13-9-10-14-29(17-24,27(31)32)35-18-20-11-7-6-8-12-20/h6-8,11-12,15-16,24H,4-5,9-10,13-14,17-19H2,1-3H3,(H-,28,30,31,32)/p+1. The molecule has 0 spiro atoms. The van der Waals surface area contributed by atoms with Gasteiger partial charge in [-0.2, -0.15) is 9.63 Å². The molecule has 2 aromatic rings. The molecule has 0 saturated carbocycles. The van der Waals surface area contributed by atoms with Crippen molar-refractivity contribution in [2.45, 2.75) is 58.6 Å². The quantitative estimate of drug-likeness (QED) is 0.374. The van der Waals surface area contributed by atoms with Gasteiger partial charge in [0.25, 0.3) is 5.91 Å². The Balaban J connectivity index is 1.78. The third-order valence-corrected chi connectivity index (χ3v) is 6.43. The molecule has 0 aliphatic carbocycles. The normalized spacial score (nSPS) is 20.1. The zero-order valence-corrected chi connectivity index (χ0v) is 20.9. The maximum atomic E-state index is 13.3. The number of amides is 2. The fourth-order valence-electron chi connectivity index (χ4n) is 4.52. The molecule has 1 aliphatic rings. The molecule has 3 rings (SSSR count). The van der Waals surface area contributed by atoms with Gasteiger partial charge >= 0.3 is 6.09 Å². The summed E-state index contributed by atoms with van der Waals surface area (Å²) in [6.45, 7) is 4.90. The Morgan fingerprint density at radius 2 is 1.77 bits per heavy atom. The Kier molecular flexibility index (Phi) is 9.65. The van der Waals surface area contributed by atoms with Gasteiger partial charge in [0, 0.05) is 19.1 Å². The number of hydrogen-bond donors (Lipinski definition) is 2. The number of methoxy groups -OCH3 is 1. The molecule has 0 radical (unpaired) electrons. The molecule has 1 aliphatic heterocycles. The summed E-state index contributed by atoms with van der Waals surface area (Å²) in [5.41, 5.74) is 3.33. The van der Waals surface area contributed by atoms with Crippen LogP contribution in [0, 0.1) is 0 Å². The predicted octanol–water partition coefficient (Wildman–Crippen LogP) is 4.70. The van der Waals surface area contributed by atoms with E-state index >= 15 is 0 Å². The molecular formula is C27H37N2O6+. The second-order valence-corrected chi connectivity index (χ2v) is 8.88. The Hall–Kier alpha value is -2.94. The van der Waals surface area contributed by atoms with Crippen molar-refractivity contribution in [2.24, 2.45) is 0 Å². The average molecular weight is 486 g/mol. The first kappa shape index (κ1) is 26.7. The van der Waals surface area contributed by atoms with E-state index in [9.17, 15) is 14.7 Å². The fourth-order valence-corrected chi connectivity index (χ4v) is 4.52. The molecule has 0 bridgehead atoms. The van der Waals surface area contributed by atoms with Crippen LogP contribution in [0.5, 0.6) is 5.75 Å². The smallest absolute Gasteiger partial charge is 0.467 e. The van der Waals surface area contributed by atoms with Crippen LogP contribution in [0.3, 0.4) is 0 Å². The highest BCUT2D eigenvalue weighted by Crippen LogP contribution is 2.28. The number of hydroxylamine groups is 3. The van der Waals surface area contributed by atoms with E-state index in [2.05, 4.69) is 5.32 Å². The molecular weight excluding hydrogens is 448 g/mol. The molecule has 35 heavy (non-hydrogen) atoms. The predicted molar refractivity (Wildman–Crippen MR) is 132 cm³/mol. The number of rotatable bonds is 10. The van der Waals surface area contributed by atoms with E-state index in [0.717, 1.165) is 28.9 Å². The summed E-state index contributed by atoms with van der Waals surface area (Å²) in [4.78, 5) is 31.6. The van der Waals surface area contributed by atoms with Crippen LogP contribution in [0.4, 0.5) is 4.79 Å². The van der Waals surface area contributed by atoms with Crippen LogP contribution in [0.25, 0.3) is 0 Å². The van der Waals surface area contributed by atoms with E-state index in [1.54, 1.807) is 7.11 Å². The van der Waals surface area contributed by atoms with Crippen molar-refractivity contribution in [3.8, 4) is 5.75 Å². The molecule has 2 atom stereocenters. The third-order valence-electron chi connectivity index (χ3n) is 6.43. The summed E-state index contributed by atoms with van der Waals surface area (Å²) in [6.07, 6.45) is 2.61. The number of aryl methyl sites for hydroxylation is 2. The lowest BCUT2D eigenvalue weighted by Gasteiger charge is -2.31. The second-order valence-electron chi connectivity index (χ2n) is 8.88. The van der Waals surface area contributed by atoms with Crippen molar-refractivity contribution in [3.05, 3.63) is 64.7 Å². The summed E-state index contributed by atoms with van der Waals surface area (Å²) >= 11 is 0. The Bertz CT molecular complexity index is 971. The first-order valence-electron chi connectivity index (χ1n) is 12.3. The maximum absolute atomic E-state index is 13.3. The number of ether oxygens (including phenoxy) is 2. The molecule has 8 heteroatoms. The van der Waals surface area contributed by atoms with Crippen LogP contribution in [-0.4, -0.2) is 54.8 Å². The minimum absolute atomic E-state index is 0.145. The Labute approximate surface area is 207 Å². The highest BCUT2D eigenvalue weighted by molar-refractivity contribution is 5.95. The number of nitrogens with zero attached hydrogens (tertiary/aromatic N) is 1. The van der Waals surface area contributed by atoms with Crippen LogP contribution in [0.1, 0.15) is 60.2 Å². The summed E-state index contributed by atoms with van der Waals surface area (Å²) in [5.74, 6) is 0.546. The van der Waals surface area contributed by atoms with Crippen molar-refractivity contribution in [1.29, 1.82) is 0 Å². The Morgan fingerprint density at radius 3 is 2.37 bits per heavy atom. The van der Waals surface area contributed by atoms with Gasteiger partial charge in [0.15, 0.2) is 6.79 Å². The van der Waals surface area contributed by atoms with Gasteiger partial charge in [-0.1, -0.05) is 48.8 Å². The number of hydrogen-bond acceptors (Lipinski definition) is 5. The van der Waals surface area contributed by atoms with E-state index in [1.807, 2.05) is 56.3 Å². The molecule has 2 amide bonds. The SMILES string of the molecule is CCc1cc(C(=O)NC2CCCC[N+](OCc3ccccc3)(C(=O)O)C2)cc(CC)c1OCOC. The van der Waals surface area contributed by atoms with Gasteiger partial charge in [0.05, 0.1) is 6.04 Å². The van der Waals surface area contributed by atoms with E-state index < -0.39 is 10.7 Å². The molecule has 1 fully saturated rings. The largest absolute Gasteiger partial charge is 0.547 e. The van der Waals surface area contributed by atoms with Crippen molar-refractivity contribution >= 4 is 12.0 Å². The number of likely N-dealkylation sites (tertiary alicyclic amines) is 1. The molecule has 8 nitrogen and oxygen atoms in total. The van der Waals surface area contributed by atoms with E-state index in [1.165, 1.54) is 0 Å². The van der Waals surface area contributed by atoms with Crippen LogP contribution in [0.15, 0.2) is 42.5 Å². The minimum atomic E-state index is -1.04. The number of carboxylic acid groups (broad SMARTS) is 1. The monoisotopic (exact) mass is 485 g/mol. The van der Waals surface area contributed by atoms with Crippen LogP contribution in [-0.2, 0) is 29.0 Å². The van der Waals surface area contributed by atoms with Gasteiger partial charge in [-0.3, -0.25) is 4.79 Å².